The molecule has 14 heavy (non-hydrogen) atoms. The molecular weight excluding hydrogens is 198 g/mol. The Balaban J connectivity index is 2.83. The lowest BCUT2D eigenvalue weighted by Gasteiger charge is -2.14. The second-order valence-corrected chi connectivity index (χ2v) is 3.56. The molecule has 70 valence electrons. The van der Waals surface area contributed by atoms with Crippen molar-refractivity contribution in [2.45, 2.75) is 0 Å². The number of thiophene rings is 1. The molecule has 0 aliphatic heterocycles. The highest BCUT2D eigenvalue weighted by atomic mass is 32.1. The van der Waals surface area contributed by atoms with E-state index in [0.29, 0.717) is 4.88 Å². The Hall–Kier alpha value is -1.85. The van der Waals surface area contributed by atoms with Gasteiger partial charge in [0.15, 0.2) is 6.29 Å². The van der Waals surface area contributed by atoms with Crippen LogP contribution in [0.15, 0.2) is 12.1 Å². The van der Waals surface area contributed by atoms with E-state index in [1.54, 1.807) is 17.0 Å². The molecule has 5 heteroatoms. The molecule has 0 saturated carbocycles. The molecule has 0 radical (unpaired) electrons. The van der Waals surface area contributed by atoms with Gasteiger partial charge in [-0.05, 0) is 12.1 Å². The van der Waals surface area contributed by atoms with Crippen LogP contribution in [0.2, 0.25) is 0 Å². The van der Waals surface area contributed by atoms with Crippen molar-refractivity contribution < 1.29 is 4.79 Å². The molecule has 1 aromatic rings. The van der Waals surface area contributed by atoms with Gasteiger partial charge >= 0.3 is 0 Å². The molecule has 1 rings (SSSR count). The maximum absolute atomic E-state index is 10.4. The van der Waals surface area contributed by atoms with Crippen molar-refractivity contribution in [3.8, 4) is 12.1 Å². The van der Waals surface area contributed by atoms with Gasteiger partial charge in [0, 0.05) is 0 Å². The highest BCUT2D eigenvalue weighted by Crippen LogP contribution is 2.24. The van der Waals surface area contributed by atoms with Crippen molar-refractivity contribution >= 4 is 22.6 Å². The van der Waals surface area contributed by atoms with E-state index in [4.69, 9.17) is 10.5 Å². The molecule has 1 aromatic heterocycles. The minimum Gasteiger partial charge on any atom is -0.337 e. The SMILES string of the molecule is N#CCN(CC#N)c1ccc(C=O)s1. The summed E-state index contributed by atoms with van der Waals surface area (Å²) in [6, 6.07) is 7.36. The van der Waals surface area contributed by atoms with Crippen LogP contribution in [-0.4, -0.2) is 19.4 Å². The van der Waals surface area contributed by atoms with Gasteiger partial charge in [-0.2, -0.15) is 10.5 Å². The molecule has 4 nitrogen and oxygen atoms in total. The Morgan fingerprint density at radius 2 is 2.00 bits per heavy atom. The number of nitriles is 2. The third-order valence-electron chi connectivity index (χ3n) is 1.56. The maximum Gasteiger partial charge on any atom is 0.160 e. The fourth-order valence-electron chi connectivity index (χ4n) is 0.958. The Kier molecular flexibility index (Phi) is 3.66. The van der Waals surface area contributed by atoms with E-state index in [1.165, 1.54) is 11.3 Å². The minimum absolute atomic E-state index is 0.159. The number of nitrogens with zero attached hydrogens (tertiary/aromatic N) is 3. The average Bonchev–Trinajstić information content (AvgIpc) is 2.65. The third-order valence-corrected chi connectivity index (χ3v) is 2.63. The highest BCUT2D eigenvalue weighted by molar-refractivity contribution is 7.17. The zero-order valence-corrected chi connectivity index (χ0v) is 8.12. The lowest BCUT2D eigenvalue weighted by atomic mass is 10.4. The maximum atomic E-state index is 10.4. The number of hydrogen-bond acceptors (Lipinski definition) is 5. The summed E-state index contributed by atoms with van der Waals surface area (Å²) < 4.78 is 0. The van der Waals surface area contributed by atoms with E-state index in [2.05, 4.69) is 0 Å². The number of carbonyl (C=O) groups excluding carboxylic acids is 1. The van der Waals surface area contributed by atoms with Crippen LogP contribution in [0.3, 0.4) is 0 Å². The van der Waals surface area contributed by atoms with Crippen molar-refractivity contribution in [1.82, 2.24) is 0 Å². The molecule has 0 N–H and O–H groups in total. The van der Waals surface area contributed by atoms with Crippen molar-refractivity contribution in [2.75, 3.05) is 18.0 Å². The largest absolute Gasteiger partial charge is 0.337 e. The van der Waals surface area contributed by atoms with E-state index in [-0.39, 0.29) is 13.1 Å². The summed E-state index contributed by atoms with van der Waals surface area (Å²) in [6.07, 6.45) is 0.755. The Morgan fingerprint density at radius 3 is 2.43 bits per heavy atom. The van der Waals surface area contributed by atoms with Gasteiger partial charge in [0.05, 0.1) is 22.0 Å². The summed E-state index contributed by atoms with van der Waals surface area (Å²) in [4.78, 5) is 12.6. The molecule has 0 bridgehead atoms. The molecule has 0 fully saturated rings. The van der Waals surface area contributed by atoms with Crippen LogP contribution < -0.4 is 4.90 Å². The normalized spacial score (nSPS) is 8.71. The molecule has 0 aliphatic rings. The van der Waals surface area contributed by atoms with Gasteiger partial charge in [-0.3, -0.25) is 4.79 Å². The summed E-state index contributed by atoms with van der Waals surface area (Å²) in [5.41, 5.74) is 0. The first kappa shape index (κ1) is 10.2. The first-order chi connectivity index (χ1) is 6.81. The topological polar surface area (TPSA) is 67.9 Å². The molecule has 0 atom stereocenters. The number of anilines is 1. The minimum atomic E-state index is 0.159. The van der Waals surface area contributed by atoms with Crippen LogP contribution in [-0.2, 0) is 0 Å². The zero-order valence-electron chi connectivity index (χ0n) is 7.30. The van der Waals surface area contributed by atoms with Gasteiger partial charge < -0.3 is 4.90 Å². The molecule has 0 unspecified atom stereocenters. The number of carbonyl (C=O) groups is 1. The molecule has 1 heterocycles. The number of rotatable bonds is 4. The summed E-state index contributed by atoms with van der Waals surface area (Å²) >= 11 is 1.28. The van der Waals surface area contributed by atoms with Crippen LogP contribution in [0, 0.1) is 22.7 Å². The van der Waals surface area contributed by atoms with Gasteiger partial charge in [-0.15, -0.1) is 11.3 Å². The van der Waals surface area contributed by atoms with Gasteiger partial charge in [0.2, 0.25) is 0 Å². The van der Waals surface area contributed by atoms with Crippen molar-refractivity contribution in [1.29, 1.82) is 10.5 Å². The molecule has 0 amide bonds. The quantitative estimate of drug-likeness (QED) is 0.550. The Labute approximate surface area is 85.6 Å². The van der Waals surface area contributed by atoms with Crippen LogP contribution >= 0.6 is 11.3 Å². The lowest BCUT2D eigenvalue weighted by Crippen LogP contribution is -2.22. The van der Waals surface area contributed by atoms with Gasteiger partial charge in [-0.1, -0.05) is 0 Å². The van der Waals surface area contributed by atoms with E-state index < -0.39 is 0 Å². The Bertz CT molecular complexity index is 383. The zero-order chi connectivity index (χ0) is 10.4. The van der Waals surface area contributed by atoms with Crippen molar-refractivity contribution in [2.24, 2.45) is 0 Å². The van der Waals surface area contributed by atoms with Crippen molar-refractivity contribution in [3.63, 3.8) is 0 Å². The molecular formula is C9H7N3OS. The smallest absolute Gasteiger partial charge is 0.160 e. The molecule has 0 aliphatic carbocycles. The fourth-order valence-corrected chi connectivity index (χ4v) is 1.78. The number of hydrogen-bond donors (Lipinski definition) is 0. The molecule has 0 spiro atoms. The summed E-state index contributed by atoms with van der Waals surface area (Å²) in [5.74, 6) is 0. The highest BCUT2D eigenvalue weighted by Gasteiger charge is 2.07. The summed E-state index contributed by atoms with van der Waals surface area (Å²) in [5, 5.41) is 17.8. The first-order valence-corrected chi connectivity index (χ1v) is 4.67. The lowest BCUT2D eigenvalue weighted by molar-refractivity contribution is 0.112. The van der Waals surface area contributed by atoms with Gasteiger partial charge in [0.25, 0.3) is 0 Å². The standard InChI is InChI=1S/C9H7N3OS/c10-3-5-12(6-4-11)9-2-1-8(7-13)14-9/h1-2,7H,5-6H2. The molecule has 0 aromatic carbocycles. The predicted octanol–water partition coefficient (Wildman–Crippen LogP) is 1.41. The predicted molar refractivity (Wildman–Crippen MR) is 53.1 cm³/mol. The van der Waals surface area contributed by atoms with E-state index in [0.717, 1.165) is 11.3 Å². The van der Waals surface area contributed by atoms with E-state index >= 15 is 0 Å². The fraction of sp³-hybridized carbons (Fsp3) is 0.222. The number of aldehydes is 1. The van der Waals surface area contributed by atoms with Crippen LogP contribution in [0.1, 0.15) is 9.67 Å². The van der Waals surface area contributed by atoms with E-state index in [1.807, 2.05) is 12.1 Å². The molecule has 0 saturated heterocycles. The van der Waals surface area contributed by atoms with Crippen LogP contribution in [0.4, 0.5) is 5.00 Å². The monoisotopic (exact) mass is 205 g/mol. The first-order valence-electron chi connectivity index (χ1n) is 3.85. The summed E-state index contributed by atoms with van der Waals surface area (Å²) in [6.45, 7) is 0.318. The second kappa shape index (κ2) is 5.00. The van der Waals surface area contributed by atoms with Crippen LogP contribution in [0.25, 0.3) is 0 Å². The Morgan fingerprint density at radius 1 is 1.36 bits per heavy atom. The second-order valence-electron chi connectivity index (χ2n) is 2.47. The van der Waals surface area contributed by atoms with Gasteiger partial charge in [0.1, 0.15) is 13.1 Å². The summed E-state index contributed by atoms with van der Waals surface area (Å²) in [7, 11) is 0. The van der Waals surface area contributed by atoms with E-state index in [9.17, 15) is 4.79 Å². The third kappa shape index (κ3) is 2.32. The van der Waals surface area contributed by atoms with Gasteiger partial charge in [-0.25, -0.2) is 0 Å². The van der Waals surface area contributed by atoms with Crippen molar-refractivity contribution in [3.05, 3.63) is 17.0 Å². The average molecular weight is 205 g/mol. The van der Waals surface area contributed by atoms with Crippen LogP contribution in [0.5, 0.6) is 0 Å².